The fraction of sp³-hybridized carbons (Fsp3) is 0.316. The molecule has 3 aromatic rings. The van der Waals surface area contributed by atoms with E-state index in [1.54, 1.807) is 0 Å². The Bertz CT molecular complexity index is 840. The summed E-state index contributed by atoms with van der Waals surface area (Å²) in [6, 6.07) is 16.8. The van der Waals surface area contributed by atoms with Crippen molar-refractivity contribution in [2.75, 3.05) is 23.3 Å². The van der Waals surface area contributed by atoms with Crippen LogP contribution in [0.3, 0.4) is 0 Å². The van der Waals surface area contributed by atoms with Crippen molar-refractivity contribution in [3.05, 3.63) is 59.9 Å². The van der Waals surface area contributed by atoms with E-state index in [0.717, 1.165) is 42.5 Å². The van der Waals surface area contributed by atoms with Crippen molar-refractivity contribution in [2.24, 2.45) is 0 Å². The molecule has 128 valence electrons. The lowest BCUT2D eigenvalue weighted by Crippen LogP contribution is -2.26. The van der Waals surface area contributed by atoms with Gasteiger partial charge in [-0.1, -0.05) is 18.2 Å². The van der Waals surface area contributed by atoms with Crippen molar-refractivity contribution in [1.82, 2.24) is 20.0 Å². The Kier molecular flexibility index (Phi) is 4.09. The summed E-state index contributed by atoms with van der Waals surface area (Å²) in [5, 5.41) is 16.8. The highest BCUT2D eigenvalue weighted by molar-refractivity contribution is 5.47. The van der Waals surface area contributed by atoms with Crippen LogP contribution in [0.15, 0.2) is 48.5 Å². The third-order valence-electron chi connectivity index (χ3n) is 4.52. The number of aryl methyl sites for hydroxylation is 2. The summed E-state index contributed by atoms with van der Waals surface area (Å²) in [5.74, 6) is 1.68. The van der Waals surface area contributed by atoms with Gasteiger partial charge in [0.25, 0.3) is 0 Å². The molecule has 4 rings (SSSR count). The first kappa shape index (κ1) is 15.6. The van der Waals surface area contributed by atoms with E-state index < -0.39 is 0 Å². The van der Waals surface area contributed by atoms with Crippen LogP contribution in [0.4, 0.5) is 11.5 Å². The minimum Gasteiger partial charge on any atom is -0.380 e. The molecule has 2 aromatic heterocycles. The molecule has 1 atom stereocenters. The normalized spacial score (nSPS) is 17.0. The maximum atomic E-state index is 4.46. The average Bonchev–Trinajstić information content (AvgIpc) is 3.22. The summed E-state index contributed by atoms with van der Waals surface area (Å²) in [6.07, 6.45) is 1.09. The molecule has 1 N–H and O–H groups in total. The van der Waals surface area contributed by atoms with E-state index in [1.165, 1.54) is 5.69 Å². The molecule has 1 aliphatic heterocycles. The van der Waals surface area contributed by atoms with Gasteiger partial charge in [0.1, 0.15) is 0 Å². The van der Waals surface area contributed by atoms with Crippen LogP contribution in [0, 0.1) is 13.8 Å². The van der Waals surface area contributed by atoms with Gasteiger partial charge in [0.2, 0.25) is 0 Å². The molecule has 0 aliphatic carbocycles. The molecule has 0 saturated carbocycles. The molecule has 1 aliphatic rings. The van der Waals surface area contributed by atoms with Gasteiger partial charge in [0, 0.05) is 30.5 Å². The number of hydrogen-bond donors (Lipinski definition) is 1. The lowest BCUT2D eigenvalue weighted by molar-refractivity contribution is 0.772. The number of rotatable bonds is 4. The van der Waals surface area contributed by atoms with Gasteiger partial charge < -0.3 is 10.2 Å². The van der Waals surface area contributed by atoms with Crippen LogP contribution in [-0.2, 0) is 0 Å². The van der Waals surface area contributed by atoms with Crippen molar-refractivity contribution in [2.45, 2.75) is 26.3 Å². The predicted molar refractivity (Wildman–Crippen MR) is 99.3 cm³/mol. The minimum absolute atomic E-state index is 0.430. The van der Waals surface area contributed by atoms with Crippen LogP contribution in [0.1, 0.15) is 17.8 Å². The Morgan fingerprint density at radius 1 is 1.00 bits per heavy atom. The van der Waals surface area contributed by atoms with E-state index in [1.807, 2.05) is 42.8 Å². The fourth-order valence-electron chi connectivity index (χ4n) is 3.32. The third kappa shape index (κ3) is 3.33. The first-order chi connectivity index (χ1) is 12.2. The zero-order valence-electron chi connectivity index (χ0n) is 14.6. The molecule has 3 heterocycles. The van der Waals surface area contributed by atoms with Gasteiger partial charge in [-0.15, -0.1) is 10.2 Å². The highest BCUT2D eigenvalue weighted by Crippen LogP contribution is 2.21. The molecule has 1 aromatic carbocycles. The molecule has 6 nitrogen and oxygen atoms in total. The molecule has 25 heavy (non-hydrogen) atoms. The van der Waals surface area contributed by atoms with Crippen molar-refractivity contribution in [1.29, 1.82) is 0 Å². The van der Waals surface area contributed by atoms with Crippen LogP contribution in [0.2, 0.25) is 0 Å². The standard InChI is InChI=1S/C19H22N6/c1-14-12-15(2)25(23-14)19-9-8-18(21-22-19)24-11-10-17(13-24)20-16-6-4-3-5-7-16/h3-9,12,17,20H,10-11,13H2,1-2H3. The summed E-state index contributed by atoms with van der Waals surface area (Å²) in [7, 11) is 0. The Hall–Kier alpha value is -2.89. The molecule has 0 bridgehead atoms. The minimum atomic E-state index is 0.430. The van der Waals surface area contributed by atoms with E-state index in [9.17, 15) is 0 Å². The summed E-state index contributed by atoms with van der Waals surface area (Å²) in [5.41, 5.74) is 3.21. The molecule has 0 spiro atoms. The molecule has 0 radical (unpaired) electrons. The monoisotopic (exact) mass is 334 g/mol. The van der Waals surface area contributed by atoms with Crippen molar-refractivity contribution in [3.63, 3.8) is 0 Å². The largest absolute Gasteiger partial charge is 0.380 e. The van der Waals surface area contributed by atoms with Crippen molar-refractivity contribution in [3.8, 4) is 5.82 Å². The number of nitrogens with one attached hydrogen (secondary N) is 1. The van der Waals surface area contributed by atoms with E-state index in [-0.39, 0.29) is 0 Å². The van der Waals surface area contributed by atoms with Gasteiger partial charge in [-0.3, -0.25) is 0 Å². The lowest BCUT2D eigenvalue weighted by atomic mass is 10.2. The molecule has 0 amide bonds. The summed E-state index contributed by atoms with van der Waals surface area (Å²) < 4.78 is 1.83. The maximum absolute atomic E-state index is 4.46. The highest BCUT2D eigenvalue weighted by Gasteiger charge is 2.23. The Morgan fingerprint density at radius 2 is 1.76 bits per heavy atom. The van der Waals surface area contributed by atoms with E-state index in [2.05, 4.69) is 49.8 Å². The van der Waals surface area contributed by atoms with Crippen LogP contribution < -0.4 is 10.2 Å². The Labute approximate surface area is 147 Å². The predicted octanol–water partition coefficient (Wildman–Crippen LogP) is 2.97. The summed E-state index contributed by atoms with van der Waals surface area (Å²) in [6.45, 7) is 5.92. The number of nitrogens with zero attached hydrogens (tertiary/aromatic N) is 5. The Balaban J connectivity index is 1.43. The quantitative estimate of drug-likeness (QED) is 0.795. The van der Waals surface area contributed by atoms with Crippen LogP contribution >= 0.6 is 0 Å². The average molecular weight is 334 g/mol. The van der Waals surface area contributed by atoms with Gasteiger partial charge in [-0.25, -0.2) is 4.68 Å². The topological polar surface area (TPSA) is 58.9 Å². The zero-order valence-corrected chi connectivity index (χ0v) is 14.6. The highest BCUT2D eigenvalue weighted by atomic mass is 15.4. The van der Waals surface area contributed by atoms with Crippen molar-refractivity contribution >= 4 is 11.5 Å². The molecule has 1 fully saturated rings. The van der Waals surface area contributed by atoms with E-state index >= 15 is 0 Å². The number of para-hydroxylation sites is 1. The second-order valence-electron chi connectivity index (χ2n) is 6.53. The van der Waals surface area contributed by atoms with Gasteiger partial charge in [0.15, 0.2) is 11.6 Å². The smallest absolute Gasteiger partial charge is 0.176 e. The molecule has 1 unspecified atom stereocenters. The van der Waals surface area contributed by atoms with Gasteiger partial charge >= 0.3 is 0 Å². The number of anilines is 2. The lowest BCUT2D eigenvalue weighted by Gasteiger charge is -2.18. The second kappa shape index (κ2) is 6.55. The number of aromatic nitrogens is 4. The third-order valence-corrected chi connectivity index (χ3v) is 4.52. The molecule has 6 heteroatoms. The summed E-state index contributed by atoms with van der Waals surface area (Å²) in [4.78, 5) is 2.28. The van der Waals surface area contributed by atoms with Crippen LogP contribution in [0.25, 0.3) is 5.82 Å². The fourth-order valence-corrected chi connectivity index (χ4v) is 3.32. The second-order valence-corrected chi connectivity index (χ2v) is 6.53. The van der Waals surface area contributed by atoms with Gasteiger partial charge in [-0.05, 0) is 50.6 Å². The number of hydrogen-bond acceptors (Lipinski definition) is 5. The Morgan fingerprint density at radius 3 is 2.44 bits per heavy atom. The van der Waals surface area contributed by atoms with E-state index in [0.29, 0.717) is 6.04 Å². The molecular formula is C19H22N6. The van der Waals surface area contributed by atoms with E-state index in [4.69, 9.17) is 0 Å². The van der Waals surface area contributed by atoms with Crippen LogP contribution in [-0.4, -0.2) is 39.1 Å². The zero-order chi connectivity index (χ0) is 17.2. The summed E-state index contributed by atoms with van der Waals surface area (Å²) >= 11 is 0. The SMILES string of the molecule is Cc1cc(C)n(-c2ccc(N3CCC(Nc4ccccc4)C3)nn2)n1. The van der Waals surface area contributed by atoms with Crippen molar-refractivity contribution < 1.29 is 0 Å². The van der Waals surface area contributed by atoms with Gasteiger partial charge in [0.05, 0.1) is 5.69 Å². The van der Waals surface area contributed by atoms with Crippen LogP contribution in [0.5, 0.6) is 0 Å². The maximum Gasteiger partial charge on any atom is 0.176 e. The molecular weight excluding hydrogens is 312 g/mol. The van der Waals surface area contributed by atoms with Gasteiger partial charge in [-0.2, -0.15) is 5.10 Å². The number of benzene rings is 1. The molecule has 1 saturated heterocycles. The first-order valence-electron chi connectivity index (χ1n) is 8.63. The first-order valence-corrected chi connectivity index (χ1v) is 8.63.